The summed E-state index contributed by atoms with van der Waals surface area (Å²) in [5, 5.41) is 7.11. The van der Waals surface area contributed by atoms with E-state index in [4.69, 9.17) is 9.88 Å². The van der Waals surface area contributed by atoms with Crippen molar-refractivity contribution in [3.05, 3.63) is 34.7 Å². The van der Waals surface area contributed by atoms with Gasteiger partial charge in [0.1, 0.15) is 6.54 Å². The Labute approximate surface area is 179 Å². The lowest BCUT2D eigenvalue weighted by Gasteiger charge is -2.23. The quantitative estimate of drug-likeness (QED) is 0.629. The summed E-state index contributed by atoms with van der Waals surface area (Å²) in [6, 6.07) is 5.28. The van der Waals surface area contributed by atoms with Gasteiger partial charge >= 0.3 is 0 Å². The lowest BCUT2D eigenvalue weighted by molar-refractivity contribution is -0.127. The standard InChI is InChI=1S/C19H23N3O6S2/c1-28-11-12-2-4-13(5-3-12)17-18(24)22(19(25)29-17)10-16(23)21-14-6-8-15(9-7-14)30(20,26)27/h6-9,12H,2-5,10-11H2,1H3,(H,21,23)(H2,20,26,27). The Morgan fingerprint density at radius 1 is 1.23 bits per heavy atom. The van der Waals surface area contributed by atoms with E-state index in [1.165, 1.54) is 24.3 Å². The Balaban J connectivity index is 1.61. The van der Waals surface area contributed by atoms with Crippen molar-refractivity contribution in [1.82, 2.24) is 4.90 Å². The number of rotatable bonds is 6. The van der Waals surface area contributed by atoms with Crippen molar-refractivity contribution < 1.29 is 27.5 Å². The minimum Gasteiger partial charge on any atom is -0.384 e. The number of sulfonamides is 1. The van der Waals surface area contributed by atoms with E-state index < -0.39 is 33.6 Å². The van der Waals surface area contributed by atoms with Crippen LogP contribution in [0.4, 0.5) is 10.5 Å². The molecule has 162 valence electrons. The molecular formula is C19H23N3O6S2. The van der Waals surface area contributed by atoms with Crippen LogP contribution in [-0.4, -0.2) is 50.6 Å². The number of nitrogens with two attached hydrogens (primary N) is 1. The van der Waals surface area contributed by atoms with Crippen molar-refractivity contribution in [1.29, 1.82) is 0 Å². The molecule has 0 spiro atoms. The van der Waals surface area contributed by atoms with E-state index in [9.17, 15) is 22.8 Å². The van der Waals surface area contributed by atoms with Crippen LogP contribution in [0.2, 0.25) is 0 Å². The Morgan fingerprint density at radius 2 is 1.87 bits per heavy atom. The van der Waals surface area contributed by atoms with Crippen LogP contribution in [0.5, 0.6) is 0 Å². The second kappa shape index (κ2) is 9.29. The number of amides is 3. The highest BCUT2D eigenvalue weighted by atomic mass is 32.2. The van der Waals surface area contributed by atoms with Crippen LogP contribution in [0.1, 0.15) is 25.7 Å². The third kappa shape index (κ3) is 5.28. The first-order valence-corrected chi connectivity index (χ1v) is 11.7. The van der Waals surface area contributed by atoms with E-state index in [1.807, 2.05) is 0 Å². The molecule has 3 amide bonds. The fraction of sp³-hybridized carbons (Fsp3) is 0.421. The van der Waals surface area contributed by atoms with E-state index in [-0.39, 0.29) is 4.90 Å². The maximum atomic E-state index is 12.7. The summed E-state index contributed by atoms with van der Waals surface area (Å²) in [6.07, 6.45) is 3.30. The van der Waals surface area contributed by atoms with Crippen molar-refractivity contribution in [3.8, 4) is 0 Å². The molecule has 0 atom stereocenters. The van der Waals surface area contributed by atoms with Crippen molar-refractivity contribution in [2.45, 2.75) is 30.6 Å². The average Bonchev–Trinajstić information content (AvgIpc) is 2.97. The van der Waals surface area contributed by atoms with Gasteiger partial charge in [0.25, 0.3) is 11.1 Å². The molecule has 1 heterocycles. The first-order valence-electron chi connectivity index (χ1n) is 9.36. The molecule has 2 fully saturated rings. The summed E-state index contributed by atoms with van der Waals surface area (Å²) in [5.41, 5.74) is 1.29. The average molecular weight is 454 g/mol. The van der Waals surface area contributed by atoms with Gasteiger partial charge in [0.05, 0.1) is 9.80 Å². The summed E-state index contributed by atoms with van der Waals surface area (Å²) >= 11 is 0.881. The number of primary sulfonamides is 1. The lowest BCUT2D eigenvalue weighted by atomic mass is 9.86. The van der Waals surface area contributed by atoms with Crippen LogP contribution in [0, 0.1) is 5.92 Å². The first-order chi connectivity index (χ1) is 14.2. The molecule has 0 unspecified atom stereocenters. The topological polar surface area (TPSA) is 136 Å². The van der Waals surface area contributed by atoms with Gasteiger partial charge in [0.2, 0.25) is 15.9 Å². The van der Waals surface area contributed by atoms with Crippen molar-refractivity contribution >= 4 is 44.5 Å². The second-order valence-corrected chi connectivity index (χ2v) is 9.73. The molecule has 3 rings (SSSR count). The zero-order valence-corrected chi connectivity index (χ0v) is 18.1. The van der Waals surface area contributed by atoms with Crippen LogP contribution in [0.3, 0.4) is 0 Å². The minimum absolute atomic E-state index is 0.0849. The lowest BCUT2D eigenvalue weighted by Crippen LogP contribution is -2.36. The summed E-state index contributed by atoms with van der Waals surface area (Å²) in [4.78, 5) is 38.6. The van der Waals surface area contributed by atoms with Crippen molar-refractivity contribution in [3.63, 3.8) is 0 Å². The number of allylic oxidation sites excluding steroid dienone is 1. The molecule has 1 aromatic rings. The number of carbonyl (C=O) groups excluding carboxylic acids is 3. The molecular weight excluding hydrogens is 430 g/mol. The van der Waals surface area contributed by atoms with Crippen LogP contribution in [-0.2, 0) is 24.3 Å². The van der Waals surface area contributed by atoms with E-state index >= 15 is 0 Å². The monoisotopic (exact) mass is 453 g/mol. The highest BCUT2D eigenvalue weighted by Crippen LogP contribution is 2.39. The number of methoxy groups -OCH3 is 1. The number of nitrogens with zero attached hydrogens (tertiary/aromatic N) is 1. The number of hydrogen-bond donors (Lipinski definition) is 2. The van der Waals surface area contributed by atoms with Crippen molar-refractivity contribution in [2.75, 3.05) is 25.6 Å². The molecule has 0 radical (unpaired) electrons. The minimum atomic E-state index is -3.83. The molecule has 1 aromatic carbocycles. The third-order valence-electron chi connectivity index (χ3n) is 5.05. The summed E-state index contributed by atoms with van der Waals surface area (Å²) < 4.78 is 27.7. The van der Waals surface area contributed by atoms with Gasteiger partial charge in [-0.3, -0.25) is 19.3 Å². The van der Waals surface area contributed by atoms with Gasteiger partial charge in [-0.1, -0.05) is 5.57 Å². The van der Waals surface area contributed by atoms with Crippen LogP contribution in [0.15, 0.2) is 39.6 Å². The third-order valence-corrected chi connectivity index (χ3v) is 7.04. The molecule has 30 heavy (non-hydrogen) atoms. The fourth-order valence-electron chi connectivity index (χ4n) is 3.48. The molecule has 1 saturated carbocycles. The second-order valence-electron chi connectivity index (χ2n) is 7.21. The number of imide groups is 1. The number of hydrogen-bond acceptors (Lipinski definition) is 7. The largest absolute Gasteiger partial charge is 0.384 e. The molecule has 0 bridgehead atoms. The smallest absolute Gasteiger partial charge is 0.294 e. The Morgan fingerprint density at radius 3 is 2.43 bits per heavy atom. The van der Waals surface area contributed by atoms with Gasteiger partial charge in [-0.25, -0.2) is 13.6 Å². The predicted octanol–water partition coefficient (Wildman–Crippen LogP) is 2.06. The molecule has 3 N–H and O–H groups in total. The van der Waals surface area contributed by atoms with E-state index in [0.717, 1.165) is 47.9 Å². The Hall–Kier alpha value is -2.21. The SMILES string of the molecule is COCC1CCC(=C2SC(=O)N(CC(=O)Nc3ccc(S(N)(=O)=O)cc3)C2=O)CC1. The predicted molar refractivity (Wildman–Crippen MR) is 112 cm³/mol. The summed E-state index contributed by atoms with van der Waals surface area (Å²) in [5.74, 6) is -0.542. The maximum absolute atomic E-state index is 12.7. The van der Waals surface area contributed by atoms with Crippen LogP contribution < -0.4 is 10.5 Å². The first kappa shape index (κ1) is 22.5. The van der Waals surface area contributed by atoms with Crippen LogP contribution in [0.25, 0.3) is 0 Å². The molecule has 1 aliphatic carbocycles. The molecule has 0 aromatic heterocycles. The van der Waals surface area contributed by atoms with Gasteiger partial charge in [-0.15, -0.1) is 0 Å². The highest BCUT2D eigenvalue weighted by Gasteiger charge is 2.38. The Bertz CT molecular complexity index is 978. The van der Waals surface area contributed by atoms with Gasteiger partial charge in [0, 0.05) is 19.4 Å². The van der Waals surface area contributed by atoms with Crippen LogP contribution >= 0.6 is 11.8 Å². The van der Waals surface area contributed by atoms with Gasteiger partial charge < -0.3 is 10.1 Å². The van der Waals surface area contributed by atoms with E-state index in [0.29, 0.717) is 23.1 Å². The van der Waals surface area contributed by atoms with Crippen molar-refractivity contribution in [2.24, 2.45) is 11.1 Å². The molecule has 9 nitrogen and oxygen atoms in total. The number of carbonyl (C=O) groups is 3. The van der Waals surface area contributed by atoms with Gasteiger partial charge in [-0.2, -0.15) is 0 Å². The highest BCUT2D eigenvalue weighted by molar-refractivity contribution is 8.18. The maximum Gasteiger partial charge on any atom is 0.294 e. The fourth-order valence-corrected chi connectivity index (χ4v) is 4.97. The molecule has 1 aliphatic heterocycles. The molecule has 2 aliphatic rings. The zero-order valence-electron chi connectivity index (χ0n) is 16.4. The molecule has 1 saturated heterocycles. The Kier molecular flexibility index (Phi) is 6.96. The number of anilines is 1. The number of benzene rings is 1. The van der Waals surface area contributed by atoms with Gasteiger partial charge in [-0.05, 0) is 67.6 Å². The normalized spacial score (nSPS) is 20.1. The summed E-state index contributed by atoms with van der Waals surface area (Å²) in [7, 11) is -2.16. The molecule has 11 heteroatoms. The summed E-state index contributed by atoms with van der Waals surface area (Å²) in [6.45, 7) is 0.276. The number of ether oxygens (including phenoxy) is 1. The van der Waals surface area contributed by atoms with Gasteiger partial charge in [0.15, 0.2) is 0 Å². The number of thioether (sulfide) groups is 1. The van der Waals surface area contributed by atoms with E-state index in [1.54, 1.807) is 7.11 Å². The zero-order chi connectivity index (χ0) is 21.9. The van der Waals surface area contributed by atoms with E-state index in [2.05, 4.69) is 5.32 Å². The number of nitrogens with one attached hydrogen (secondary N) is 1.